The van der Waals surface area contributed by atoms with Crippen LogP contribution in [0.15, 0.2) is 35.2 Å². The average Bonchev–Trinajstić information content (AvgIpc) is 2.75. The van der Waals surface area contributed by atoms with Crippen molar-refractivity contribution in [1.29, 1.82) is 0 Å². The highest BCUT2D eigenvalue weighted by atomic mass is 32.5. The number of aromatic nitrogens is 1. The van der Waals surface area contributed by atoms with E-state index in [1.54, 1.807) is 0 Å². The maximum atomic E-state index is 13.5. The standard InChI is InChI=1S/C26H31F5NO3S/c1-15(2)24-23(25(34)17-5-7-18(8-6-17)36(27,28,29,30)31)21(16-9-11-35-12-10-16)22-19(32-24)13-26(3,4)14-20(22)33/h5-9,15,20,25,34H,10-14H2,1-4H3/q-1. The van der Waals surface area contributed by atoms with Crippen LogP contribution in [-0.4, -0.2) is 23.3 Å². The van der Waals surface area contributed by atoms with Gasteiger partial charge in [0.25, 0.3) is 0 Å². The second-order valence-electron chi connectivity index (χ2n) is 10.8. The summed E-state index contributed by atoms with van der Waals surface area (Å²) < 4.78 is 71.7. The van der Waals surface area contributed by atoms with Gasteiger partial charge >= 0.3 is 10.2 Å². The van der Waals surface area contributed by atoms with Crippen molar-refractivity contribution < 1.29 is 34.4 Å². The number of aliphatic hydroxyl groups excluding tert-OH is 1. The van der Waals surface area contributed by atoms with E-state index >= 15 is 0 Å². The zero-order chi connectivity index (χ0) is 26.7. The zero-order valence-corrected chi connectivity index (χ0v) is 21.5. The number of pyridine rings is 1. The van der Waals surface area contributed by atoms with E-state index in [-0.39, 0.29) is 16.9 Å². The molecular weight excluding hydrogens is 501 g/mol. The molecule has 0 saturated heterocycles. The van der Waals surface area contributed by atoms with E-state index in [0.29, 0.717) is 72.7 Å². The minimum atomic E-state index is -9.85. The SMILES string of the molecule is CC(C)c1nc2c(c(C3=CCOCC3)c1C(O)c1ccc(S(F)(F)(F)(F)F)cc1)C([O-])CC(C)(C)C2. The molecule has 0 amide bonds. The van der Waals surface area contributed by atoms with Gasteiger partial charge in [0, 0.05) is 17.0 Å². The van der Waals surface area contributed by atoms with Crippen molar-refractivity contribution in [2.75, 3.05) is 13.2 Å². The maximum Gasteiger partial charge on any atom is 0.310 e. The molecule has 2 aromatic rings. The lowest BCUT2D eigenvalue weighted by Crippen LogP contribution is -2.35. The fraction of sp³-hybridized carbons (Fsp3) is 0.500. The fourth-order valence-corrected chi connectivity index (χ4v) is 5.84. The first-order chi connectivity index (χ1) is 16.4. The van der Waals surface area contributed by atoms with Gasteiger partial charge < -0.3 is 14.9 Å². The molecule has 0 saturated carbocycles. The monoisotopic (exact) mass is 532 g/mol. The van der Waals surface area contributed by atoms with Crippen LogP contribution >= 0.6 is 10.2 Å². The van der Waals surface area contributed by atoms with Crippen LogP contribution in [0.4, 0.5) is 19.4 Å². The molecule has 0 fully saturated rings. The van der Waals surface area contributed by atoms with Crippen LogP contribution in [-0.2, 0) is 11.2 Å². The molecule has 2 atom stereocenters. The summed E-state index contributed by atoms with van der Waals surface area (Å²) in [5.74, 6) is -0.182. The molecule has 0 spiro atoms. The molecule has 4 nitrogen and oxygen atoms in total. The lowest BCUT2D eigenvalue weighted by Gasteiger charge is -2.43. The van der Waals surface area contributed by atoms with Gasteiger partial charge in [-0.3, -0.25) is 4.98 Å². The number of benzene rings is 1. The lowest BCUT2D eigenvalue weighted by molar-refractivity contribution is -0.434. The quantitative estimate of drug-likeness (QED) is 0.417. The first-order valence-electron chi connectivity index (χ1n) is 11.9. The topological polar surface area (TPSA) is 65.4 Å². The Morgan fingerprint density at radius 1 is 1.11 bits per heavy atom. The molecular formula is C26H31F5NO3S-. The molecule has 0 radical (unpaired) electrons. The third-order valence-corrected chi connectivity index (χ3v) is 8.00. The van der Waals surface area contributed by atoms with Gasteiger partial charge in [-0.1, -0.05) is 77.9 Å². The summed E-state index contributed by atoms with van der Waals surface area (Å²) in [4.78, 5) is 2.81. The summed E-state index contributed by atoms with van der Waals surface area (Å²) in [5, 5.41) is 25.0. The minimum absolute atomic E-state index is 0.0109. The number of halogens is 5. The first-order valence-corrected chi connectivity index (χ1v) is 13.8. The molecule has 4 rings (SSSR count). The van der Waals surface area contributed by atoms with Crippen LogP contribution in [0.1, 0.15) is 92.3 Å². The van der Waals surface area contributed by atoms with Gasteiger partial charge in [0.05, 0.1) is 13.2 Å². The number of hydrogen-bond donors (Lipinski definition) is 1. The van der Waals surface area contributed by atoms with Gasteiger partial charge in [0.2, 0.25) is 0 Å². The molecule has 2 unspecified atom stereocenters. The highest BCUT2D eigenvalue weighted by Gasteiger charge is 2.65. The molecule has 1 aliphatic heterocycles. The van der Waals surface area contributed by atoms with Gasteiger partial charge in [-0.25, -0.2) is 0 Å². The number of rotatable bonds is 5. The summed E-state index contributed by atoms with van der Waals surface area (Å²) in [6, 6.07) is 2.32. The van der Waals surface area contributed by atoms with Crippen molar-refractivity contribution in [2.24, 2.45) is 5.41 Å². The second kappa shape index (κ2) is 8.24. The normalized spacial score (nSPS) is 22.9. The van der Waals surface area contributed by atoms with Crippen LogP contribution < -0.4 is 5.11 Å². The summed E-state index contributed by atoms with van der Waals surface area (Å²) in [6.07, 6.45) is 0.724. The molecule has 1 aliphatic carbocycles. The van der Waals surface area contributed by atoms with E-state index in [9.17, 15) is 29.6 Å². The summed E-state index contributed by atoms with van der Waals surface area (Å²) in [6.45, 7) is 8.53. The van der Waals surface area contributed by atoms with Crippen molar-refractivity contribution in [3.8, 4) is 0 Å². The molecule has 1 N–H and O–H groups in total. The molecule has 1 aromatic carbocycles. The van der Waals surface area contributed by atoms with E-state index in [2.05, 4.69) is 0 Å². The summed E-state index contributed by atoms with van der Waals surface area (Å²) in [5.41, 5.74) is 3.20. The largest absolute Gasteiger partial charge is 0.848 e. The summed E-state index contributed by atoms with van der Waals surface area (Å²) >= 11 is 0. The number of hydrogen-bond acceptors (Lipinski definition) is 4. The molecule has 10 heteroatoms. The van der Waals surface area contributed by atoms with Gasteiger partial charge in [-0.15, -0.1) is 0 Å². The van der Waals surface area contributed by atoms with Gasteiger partial charge in [0.1, 0.15) is 11.0 Å². The molecule has 36 heavy (non-hydrogen) atoms. The Kier molecular flexibility index (Phi) is 6.19. The third-order valence-electron chi connectivity index (χ3n) is 6.83. The Bertz CT molecular complexity index is 1210. The van der Waals surface area contributed by atoms with E-state index in [0.717, 1.165) is 17.7 Å². The summed E-state index contributed by atoms with van der Waals surface area (Å²) in [7, 11) is -9.85. The zero-order valence-electron chi connectivity index (χ0n) is 20.7. The lowest BCUT2D eigenvalue weighted by atomic mass is 9.71. The Hall–Kier alpha value is -2.01. The highest BCUT2D eigenvalue weighted by molar-refractivity contribution is 8.45. The van der Waals surface area contributed by atoms with Crippen LogP contribution in [0.2, 0.25) is 0 Å². The van der Waals surface area contributed by atoms with E-state index in [1.165, 1.54) is 0 Å². The smallest absolute Gasteiger partial charge is 0.310 e. The van der Waals surface area contributed by atoms with Gasteiger partial charge in [-0.2, -0.15) is 0 Å². The van der Waals surface area contributed by atoms with Gasteiger partial charge in [-0.05, 0) is 58.6 Å². The fourth-order valence-electron chi connectivity index (χ4n) is 5.19. The van der Waals surface area contributed by atoms with Crippen LogP contribution in [0, 0.1) is 5.41 Å². The van der Waals surface area contributed by atoms with E-state index in [1.807, 2.05) is 33.8 Å². The Balaban J connectivity index is 1.95. The number of fused-ring (bicyclic) bond motifs is 1. The van der Waals surface area contributed by atoms with Crippen LogP contribution in [0.3, 0.4) is 0 Å². The first kappa shape index (κ1) is 27.0. The number of ether oxygens (including phenoxy) is 1. The molecule has 1 aromatic heterocycles. The Morgan fingerprint density at radius 2 is 1.75 bits per heavy atom. The van der Waals surface area contributed by atoms with Crippen molar-refractivity contribution >= 4 is 15.8 Å². The second-order valence-corrected chi connectivity index (χ2v) is 13.2. The van der Waals surface area contributed by atoms with Crippen LogP contribution in [0.25, 0.3) is 5.57 Å². The molecule has 0 bridgehead atoms. The average molecular weight is 533 g/mol. The maximum absolute atomic E-state index is 13.5. The van der Waals surface area contributed by atoms with E-state index in [4.69, 9.17) is 9.72 Å². The van der Waals surface area contributed by atoms with Crippen molar-refractivity contribution in [3.05, 3.63) is 64.0 Å². The minimum Gasteiger partial charge on any atom is -0.848 e. The van der Waals surface area contributed by atoms with Gasteiger partial charge in [0.15, 0.2) is 0 Å². The van der Waals surface area contributed by atoms with E-state index < -0.39 is 27.3 Å². The van der Waals surface area contributed by atoms with Crippen molar-refractivity contribution in [3.63, 3.8) is 0 Å². The molecule has 200 valence electrons. The molecule has 2 heterocycles. The van der Waals surface area contributed by atoms with Crippen molar-refractivity contribution in [1.82, 2.24) is 4.98 Å². The predicted molar refractivity (Wildman–Crippen MR) is 128 cm³/mol. The number of nitrogens with zero attached hydrogens (tertiary/aromatic N) is 1. The number of aliphatic hydroxyl groups is 1. The van der Waals surface area contributed by atoms with Crippen molar-refractivity contribution in [2.45, 2.75) is 70.0 Å². The molecule has 2 aliphatic rings. The Labute approximate surface area is 207 Å². The third kappa shape index (κ3) is 5.32. The predicted octanol–water partition coefficient (Wildman–Crippen LogP) is 7.12. The Morgan fingerprint density at radius 3 is 2.28 bits per heavy atom. The highest BCUT2D eigenvalue weighted by Crippen LogP contribution is 3.02. The van der Waals surface area contributed by atoms with Crippen LogP contribution in [0.5, 0.6) is 0 Å².